The van der Waals surface area contributed by atoms with Crippen LogP contribution in [0.4, 0.5) is 11.9 Å². The van der Waals surface area contributed by atoms with Gasteiger partial charge in [-0.05, 0) is 24.2 Å². The van der Waals surface area contributed by atoms with Crippen molar-refractivity contribution in [3.8, 4) is 6.01 Å². The molecule has 6 nitrogen and oxygen atoms in total. The zero-order valence-electron chi connectivity index (χ0n) is 13.8. The molecule has 1 saturated heterocycles. The summed E-state index contributed by atoms with van der Waals surface area (Å²) < 4.78 is 5.20. The van der Waals surface area contributed by atoms with E-state index in [1.165, 1.54) is 6.42 Å². The van der Waals surface area contributed by atoms with Crippen molar-refractivity contribution >= 4 is 11.9 Å². The number of hydrogen-bond acceptors (Lipinski definition) is 6. The first-order valence-corrected chi connectivity index (χ1v) is 7.73. The molecule has 0 aliphatic carbocycles. The van der Waals surface area contributed by atoms with Crippen LogP contribution in [-0.2, 0) is 0 Å². The summed E-state index contributed by atoms with van der Waals surface area (Å²) in [6, 6.07) is 0.373. The SMILES string of the molecule is CCCNc1nc(OC)nc(N2CCC(C(C)(C)C)C2)n1. The Morgan fingerprint density at radius 3 is 2.62 bits per heavy atom. The van der Waals surface area contributed by atoms with E-state index >= 15 is 0 Å². The zero-order chi connectivity index (χ0) is 15.5. The molecular weight excluding hydrogens is 266 g/mol. The summed E-state index contributed by atoms with van der Waals surface area (Å²) in [5.74, 6) is 1.97. The molecule has 1 fully saturated rings. The third kappa shape index (κ3) is 3.95. The van der Waals surface area contributed by atoms with Crippen molar-refractivity contribution in [2.24, 2.45) is 11.3 Å². The number of hydrogen-bond donors (Lipinski definition) is 1. The summed E-state index contributed by atoms with van der Waals surface area (Å²) in [4.78, 5) is 15.4. The minimum atomic E-state index is 0.315. The normalized spacial score (nSPS) is 18.9. The predicted molar refractivity (Wildman–Crippen MR) is 84.9 cm³/mol. The first-order valence-electron chi connectivity index (χ1n) is 7.73. The van der Waals surface area contributed by atoms with Gasteiger partial charge in [-0.15, -0.1) is 0 Å². The smallest absolute Gasteiger partial charge is 0.322 e. The van der Waals surface area contributed by atoms with Crippen LogP contribution in [0.1, 0.15) is 40.5 Å². The number of methoxy groups -OCH3 is 1. The Bertz CT molecular complexity index is 472. The van der Waals surface area contributed by atoms with Crippen molar-refractivity contribution in [2.45, 2.75) is 40.5 Å². The Kier molecular flexibility index (Phi) is 4.85. The minimum absolute atomic E-state index is 0.315. The molecule has 0 aromatic carbocycles. The molecule has 118 valence electrons. The molecule has 0 bridgehead atoms. The van der Waals surface area contributed by atoms with Crippen LogP contribution in [0.5, 0.6) is 6.01 Å². The number of nitrogens with one attached hydrogen (secondary N) is 1. The van der Waals surface area contributed by atoms with Crippen LogP contribution in [0.3, 0.4) is 0 Å². The van der Waals surface area contributed by atoms with Crippen molar-refractivity contribution in [1.82, 2.24) is 15.0 Å². The maximum absolute atomic E-state index is 5.20. The van der Waals surface area contributed by atoms with Crippen LogP contribution >= 0.6 is 0 Å². The average molecular weight is 293 g/mol. The van der Waals surface area contributed by atoms with Gasteiger partial charge >= 0.3 is 6.01 Å². The Labute approximate surface area is 127 Å². The summed E-state index contributed by atoms with van der Waals surface area (Å²) in [5, 5.41) is 3.21. The van der Waals surface area contributed by atoms with Crippen LogP contribution in [0, 0.1) is 11.3 Å². The molecule has 0 amide bonds. The summed E-state index contributed by atoms with van der Waals surface area (Å²) >= 11 is 0. The quantitative estimate of drug-likeness (QED) is 0.900. The van der Waals surface area contributed by atoms with Crippen LogP contribution in [0.2, 0.25) is 0 Å². The molecule has 6 heteroatoms. The van der Waals surface area contributed by atoms with Crippen molar-refractivity contribution in [2.75, 3.05) is 37.0 Å². The fraction of sp³-hybridized carbons (Fsp3) is 0.800. The Hall–Kier alpha value is -1.59. The summed E-state index contributed by atoms with van der Waals surface area (Å²) in [7, 11) is 1.59. The fourth-order valence-corrected chi connectivity index (χ4v) is 2.54. The van der Waals surface area contributed by atoms with E-state index in [1.807, 2.05) is 0 Å². The Morgan fingerprint density at radius 1 is 1.29 bits per heavy atom. The maximum atomic E-state index is 5.20. The highest BCUT2D eigenvalue weighted by Gasteiger charge is 2.33. The van der Waals surface area contributed by atoms with Crippen molar-refractivity contribution in [3.05, 3.63) is 0 Å². The molecule has 1 atom stereocenters. The molecular formula is C15H27N5O. The highest BCUT2D eigenvalue weighted by Crippen LogP contribution is 2.35. The van der Waals surface area contributed by atoms with E-state index in [0.29, 0.717) is 29.2 Å². The number of aromatic nitrogens is 3. The van der Waals surface area contributed by atoms with Gasteiger partial charge in [0.05, 0.1) is 7.11 Å². The first-order chi connectivity index (χ1) is 9.94. The molecule has 21 heavy (non-hydrogen) atoms. The summed E-state index contributed by atoms with van der Waals surface area (Å²) in [5.41, 5.74) is 0.315. The second-order valence-corrected chi connectivity index (χ2v) is 6.67. The van der Waals surface area contributed by atoms with Crippen LogP contribution < -0.4 is 15.0 Å². The third-order valence-electron chi connectivity index (χ3n) is 4.01. The molecule has 1 unspecified atom stereocenters. The minimum Gasteiger partial charge on any atom is -0.467 e. The number of anilines is 2. The van der Waals surface area contributed by atoms with Gasteiger partial charge in [0.1, 0.15) is 0 Å². The second kappa shape index (κ2) is 6.45. The average Bonchev–Trinajstić information content (AvgIpc) is 2.94. The highest BCUT2D eigenvalue weighted by molar-refractivity contribution is 5.39. The van der Waals surface area contributed by atoms with E-state index < -0.39 is 0 Å². The van der Waals surface area contributed by atoms with Crippen molar-refractivity contribution in [3.63, 3.8) is 0 Å². The number of nitrogens with zero attached hydrogens (tertiary/aromatic N) is 4. The van der Waals surface area contributed by atoms with Crippen LogP contribution in [-0.4, -0.2) is 41.7 Å². The van der Waals surface area contributed by atoms with Gasteiger partial charge in [-0.2, -0.15) is 15.0 Å². The van der Waals surface area contributed by atoms with E-state index in [0.717, 1.165) is 26.1 Å². The zero-order valence-corrected chi connectivity index (χ0v) is 13.8. The molecule has 1 aromatic rings. The largest absolute Gasteiger partial charge is 0.467 e. The molecule has 1 N–H and O–H groups in total. The summed E-state index contributed by atoms with van der Waals surface area (Å²) in [6.45, 7) is 11.8. The van der Waals surface area contributed by atoms with Crippen molar-refractivity contribution < 1.29 is 4.74 Å². The van der Waals surface area contributed by atoms with Crippen LogP contribution in [0.15, 0.2) is 0 Å². The van der Waals surface area contributed by atoms with E-state index in [1.54, 1.807) is 7.11 Å². The molecule has 2 heterocycles. The first kappa shape index (κ1) is 15.8. The lowest BCUT2D eigenvalue weighted by atomic mass is 9.80. The highest BCUT2D eigenvalue weighted by atomic mass is 16.5. The van der Waals surface area contributed by atoms with E-state index in [2.05, 4.69) is 52.9 Å². The predicted octanol–water partition coefficient (Wildman–Crippen LogP) is 2.57. The Balaban J connectivity index is 2.15. The molecule has 0 saturated carbocycles. The van der Waals surface area contributed by atoms with Gasteiger partial charge in [0.2, 0.25) is 11.9 Å². The van der Waals surface area contributed by atoms with Gasteiger partial charge in [-0.1, -0.05) is 27.7 Å². The Morgan fingerprint density at radius 2 is 2.05 bits per heavy atom. The topological polar surface area (TPSA) is 63.2 Å². The van der Waals surface area contributed by atoms with Gasteiger partial charge < -0.3 is 15.0 Å². The fourth-order valence-electron chi connectivity index (χ4n) is 2.54. The van der Waals surface area contributed by atoms with E-state index in [-0.39, 0.29) is 0 Å². The standard InChI is InChI=1S/C15H27N5O/c1-6-8-16-12-17-13(19-14(18-12)21-5)20-9-7-11(10-20)15(2,3)4/h11H,6-10H2,1-5H3,(H,16,17,18,19). The van der Waals surface area contributed by atoms with Gasteiger partial charge in [-0.25, -0.2) is 0 Å². The lowest BCUT2D eigenvalue weighted by Gasteiger charge is -2.27. The van der Waals surface area contributed by atoms with E-state index in [4.69, 9.17) is 4.74 Å². The molecule has 0 radical (unpaired) electrons. The van der Waals surface area contributed by atoms with Gasteiger partial charge in [0, 0.05) is 19.6 Å². The van der Waals surface area contributed by atoms with Crippen molar-refractivity contribution in [1.29, 1.82) is 0 Å². The lowest BCUT2D eigenvalue weighted by molar-refractivity contribution is 0.263. The maximum Gasteiger partial charge on any atom is 0.322 e. The van der Waals surface area contributed by atoms with E-state index in [9.17, 15) is 0 Å². The van der Waals surface area contributed by atoms with Gasteiger partial charge in [0.15, 0.2) is 0 Å². The van der Waals surface area contributed by atoms with Gasteiger partial charge in [-0.3, -0.25) is 0 Å². The van der Waals surface area contributed by atoms with Crippen LogP contribution in [0.25, 0.3) is 0 Å². The van der Waals surface area contributed by atoms with Gasteiger partial charge in [0.25, 0.3) is 0 Å². The third-order valence-corrected chi connectivity index (χ3v) is 4.01. The lowest BCUT2D eigenvalue weighted by Crippen LogP contribution is -2.27. The summed E-state index contributed by atoms with van der Waals surface area (Å²) in [6.07, 6.45) is 2.20. The number of rotatable bonds is 5. The second-order valence-electron chi connectivity index (χ2n) is 6.67. The molecule has 0 spiro atoms. The number of ether oxygens (including phenoxy) is 1. The monoisotopic (exact) mass is 293 g/mol. The molecule has 2 rings (SSSR count). The molecule has 1 aliphatic rings. The molecule has 1 aromatic heterocycles. The molecule has 1 aliphatic heterocycles.